The molecule has 2 amide bonds. The Balaban J connectivity index is 1.57. The topological polar surface area (TPSA) is 170 Å². The number of benzene rings is 1. The van der Waals surface area contributed by atoms with E-state index in [-0.39, 0.29) is 28.9 Å². The van der Waals surface area contributed by atoms with Crippen molar-refractivity contribution in [2.45, 2.75) is 52.1 Å². The number of ether oxygens (including phenoxy) is 3. The van der Waals surface area contributed by atoms with Gasteiger partial charge in [0, 0.05) is 12.5 Å². The van der Waals surface area contributed by atoms with Gasteiger partial charge in [0.25, 0.3) is 0 Å². The van der Waals surface area contributed by atoms with E-state index >= 15 is 0 Å². The molecule has 13 heteroatoms. The summed E-state index contributed by atoms with van der Waals surface area (Å²) in [6.45, 7) is 5.32. The van der Waals surface area contributed by atoms with Crippen molar-refractivity contribution in [3.8, 4) is 40.0 Å². The molecule has 0 fully saturated rings. The average molecular weight is 631 g/mol. The quantitative estimate of drug-likeness (QED) is 0.182. The van der Waals surface area contributed by atoms with E-state index in [9.17, 15) is 14.4 Å². The Kier molecular flexibility index (Phi) is 9.59. The minimum atomic E-state index is -0.803. The molecule has 46 heavy (non-hydrogen) atoms. The fraction of sp³-hybridized carbons (Fsp3) is 0.364. The number of carbonyl (C=O) groups excluding carboxylic acids is 2. The smallest absolute Gasteiger partial charge is 0.249 e. The molecule has 1 aliphatic rings. The van der Waals surface area contributed by atoms with E-state index in [1.807, 2.05) is 26.0 Å². The molecule has 2 heterocycles. The van der Waals surface area contributed by atoms with Crippen LogP contribution < -0.4 is 35.6 Å². The SMILES string of the molecule is CC[C@@H](C)[C@H](Nc1ccc2c(cc1=O)[C@@H](NC(C)=O)CCc1cc(OC)c(OC)c(OC)c1-2)C(=O)Nc1n[nH]c(-c2ccco2)n1. The molecule has 4 N–H and O–H groups in total. The summed E-state index contributed by atoms with van der Waals surface area (Å²) >= 11 is 0. The average Bonchev–Trinajstić information content (AvgIpc) is 3.69. The van der Waals surface area contributed by atoms with Gasteiger partial charge in [0.15, 0.2) is 23.1 Å². The molecule has 1 aliphatic carbocycles. The Hall–Kier alpha value is -5.33. The predicted octanol–water partition coefficient (Wildman–Crippen LogP) is 4.71. The van der Waals surface area contributed by atoms with Crippen LogP contribution in [0.4, 0.5) is 11.6 Å². The molecule has 0 radical (unpaired) electrons. The molecule has 0 bridgehead atoms. The minimum absolute atomic E-state index is 0.0745. The van der Waals surface area contributed by atoms with Crippen LogP contribution in [-0.4, -0.2) is 54.4 Å². The second kappa shape index (κ2) is 13.8. The molecule has 0 saturated carbocycles. The Labute approximate surface area is 266 Å². The second-order valence-electron chi connectivity index (χ2n) is 11.1. The summed E-state index contributed by atoms with van der Waals surface area (Å²) in [7, 11) is 4.63. The summed E-state index contributed by atoms with van der Waals surface area (Å²) in [6.07, 6.45) is 3.27. The van der Waals surface area contributed by atoms with Crippen LogP contribution in [0.15, 0.2) is 51.9 Å². The van der Waals surface area contributed by atoms with E-state index in [2.05, 4.69) is 31.1 Å². The van der Waals surface area contributed by atoms with Gasteiger partial charge in [-0.15, -0.1) is 5.10 Å². The van der Waals surface area contributed by atoms with Gasteiger partial charge in [-0.1, -0.05) is 26.3 Å². The first kappa shape index (κ1) is 32.1. The van der Waals surface area contributed by atoms with Crippen LogP contribution in [0.25, 0.3) is 22.7 Å². The number of aromatic nitrogens is 3. The monoisotopic (exact) mass is 630 g/mol. The van der Waals surface area contributed by atoms with Crippen LogP contribution in [0, 0.1) is 5.92 Å². The van der Waals surface area contributed by atoms with Crippen molar-refractivity contribution in [1.29, 1.82) is 0 Å². The normalized spacial score (nSPS) is 15.0. The van der Waals surface area contributed by atoms with Crippen LogP contribution in [0.5, 0.6) is 17.2 Å². The third-order valence-corrected chi connectivity index (χ3v) is 8.20. The zero-order valence-electron chi connectivity index (χ0n) is 26.6. The molecule has 0 aliphatic heterocycles. The molecule has 2 aromatic heterocycles. The van der Waals surface area contributed by atoms with Crippen LogP contribution in [0.3, 0.4) is 0 Å². The predicted molar refractivity (Wildman–Crippen MR) is 172 cm³/mol. The van der Waals surface area contributed by atoms with Gasteiger partial charge in [-0.05, 0) is 65.8 Å². The molecule has 0 spiro atoms. The largest absolute Gasteiger partial charge is 0.493 e. The van der Waals surface area contributed by atoms with Gasteiger partial charge in [-0.25, -0.2) is 0 Å². The van der Waals surface area contributed by atoms with Gasteiger partial charge < -0.3 is 29.3 Å². The molecule has 0 saturated heterocycles. The van der Waals surface area contributed by atoms with Crippen molar-refractivity contribution in [2.75, 3.05) is 32.0 Å². The fourth-order valence-electron chi connectivity index (χ4n) is 5.73. The van der Waals surface area contributed by atoms with Crippen molar-refractivity contribution in [3.63, 3.8) is 0 Å². The lowest BCUT2D eigenvalue weighted by atomic mass is 9.95. The number of nitrogens with one attached hydrogen (secondary N) is 4. The van der Waals surface area contributed by atoms with Crippen molar-refractivity contribution in [1.82, 2.24) is 20.5 Å². The first-order valence-corrected chi connectivity index (χ1v) is 15.0. The number of aryl methyl sites for hydroxylation is 1. The number of amides is 2. The molecule has 5 rings (SSSR count). The number of anilines is 2. The Bertz CT molecular complexity index is 1790. The summed E-state index contributed by atoms with van der Waals surface area (Å²) < 4.78 is 22.5. The van der Waals surface area contributed by atoms with Crippen LogP contribution in [-0.2, 0) is 16.0 Å². The minimum Gasteiger partial charge on any atom is -0.493 e. The number of methoxy groups -OCH3 is 3. The highest BCUT2D eigenvalue weighted by molar-refractivity contribution is 5.95. The summed E-state index contributed by atoms with van der Waals surface area (Å²) in [5, 5.41) is 15.8. The van der Waals surface area contributed by atoms with E-state index in [1.54, 1.807) is 32.4 Å². The van der Waals surface area contributed by atoms with Gasteiger partial charge in [-0.3, -0.25) is 24.8 Å². The number of hydrogen-bond acceptors (Lipinski definition) is 10. The maximum Gasteiger partial charge on any atom is 0.249 e. The van der Waals surface area contributed by atoms with Gasteiger partial charge in [-0.2, -0.15) is 4.98 Å². The number of rotatable bonds is 11. The molecule has 242 valence electrons. The Morgan fingerprint density at radius 1 is 1.11 bits per heavy atom. The highest BCUT2D eigenvalue weighted by Gasteiger charge is 2.31. The van der Waals surface area contributed by atoms with Crippen molar-refractivity contribution in [3.05, 3.63) is 64.0 Å². The second-order valence-corrected chi connectivity index (χ2v) is 11.1. The Morgan fingerprint density at radius 2 is 1.89 bits per heavy atom. The lowest BCUT2D eigenvalue weighted by molar-refractivity contribution is -0.120. The zero-order valence-corrected chi connectivity index (χ0v) is 26.6. The zero-order chi connectivity index (χ0) is 33.0. The third-order valence-electron chi connectivity index (χ3n) is 8.20. The van der Waals surface area contributed by atoms with Gasteiger partial charge in [0.1, 0.15) is 6.04 Å². The summed E-state index contributed by atoms with van der Waals surface area (Å²) in [4.78, 5) is 44.0. The van der Waals surface area contributed by atoms with E-state index in [1.165, 1.54) is 26.4 Å². The van der Waals surface area contributed by atoms with Gasteiger partial charge >= 0.3 is 0 Å². The number of fused-ring (bicyclic) bond motifs is 3. The van der Waals surface area contributed by atoms with Crippen molar-refractivity contribution < 1.29 is 28.2 Å². The number of H-pyrrole nitrogens is 1. The van der Waals surface area contributed by atoms with E-state index in [0.717, 1.165) is 11.1 Å². The van der Waals surface area contributed by atoms with E-state index in [4.69, 9.17) is 18.6 Å². The molecule has 0 unspecified atom stereocenters. The number of furan rings is 1. The van der Waals surface area contributed by atoms with Crippen LogP contribution in [0.1, 0.15) is 50.8 Å². The third kappa shape index (κ3) is 6.39. The molecule has 2 aromatic carbocycles. The van der Waals surface area contributed by atoms with Gasteiger partial charge in [0.05, 0.1) is 39.3 Å². The summed E-state index contributed by atoms with van der Waals surface area (Å²) in [5.41, 5.74) is 2.81. The molecule has 13 nitrogen and oxygen atoms in total. The first-order valence-electron chi connectivity index (χ1n) is 15.0. The maximum absolute atomic E-state index is 13.9. The maximum atomic E-state index is 13.9. The summed E-state index contributed by atoms with van der Waals surface area (Å²) in [5.74, 6) is 1.48. The summed E-state index contributed by atoms with van der Waals surface area (Å²) in [6, 6.07) is 9.05. The number of aromatic amines is 1. The molecule has 3 atom stereocenters. The van der Waals surface area contributed by atoms with Crippen molar-refractivity contribution >= 4 is 23.5 Å². The number of carbonyl (C=O) groups is 2. The lowest BCUT2D eigenvalue weighted by Crippen LogP contribution is -2.41. The van der Waals surface area contributed by atoms with E-state index < -0.39 is 18.0 Å². The fourth-order valence-corrected chi connectivity index (χ4v) is 5.73. The lowest BCUT2D eigenvalue weighted by Gasteiger charge is -2.23. The first-order chi connectivity index (χ1) is 22.2. The number of hydrogen-bond donors (Lipinski definition) is 4. The highest BCUT2D eigenvalue weighted by atomic mass is 16.5. The van der Waals surface area contributed by atoms with E-state index in [0.29, 0.717) is 59.2 Å². The van der Waals surface area contributed by atoms with Crippen LogP contribution >= 0.6 is 0 Å². The highest BCUT2D eigenvalue weighted by Crippen LogP contribution is 2.50. The van der Waals surface area contributed by atoms with Gasteiger partial charge in [0.2, 0.25) is 28.9 Å². The van der Waals surface area contributed by atoms with Crippen molar-refractivity contribution in [2.24, 2.45) is 5.92 Å². The van der Waals surface area contributed by atoms with Crippen LogP contribution in [0.2, 0.25) is 0 Å². The molecule has 4 aromatic rings. The molecular weight excluding hydrogens is 592 g/mol. The standard InChI is InChI=1S/C33H38N6O7/c1-7-17(2)28(32(42)37-33-36-31(38-39-33)25-9-8-14-46-25)35-23-13-11-20-21(16-24(23)41)22(34-18(3)40)12-10-19-15-26(43-4)29(44-5)30(45-6)27(19)20/h8-9,11,13-17,22,28H,7,10,12H2,1-6H3,(H,34,40)(H,35,41)(H2,36,37,38,39,42)/t17-,22+,28+/m1/s1. The number of nitrogens with zero attached hydrogens (tertiary/aromatic N) is 2. The molecular formula is C33H38N6O7. The Morgan fingerprint density at radius 3 is 2.54 bits per heavy atom.